The second-order valence-electron chi connectivity index (χ2n) is 6.17. The quantitative estimate of drug-likeness (QED) is 0.798. The van der Waals surface area contributed by atoms with Gasteiger partial charge in [-0.05, 0) is 30.7 Å². The lowest BCUT2D eigenvalue weighted by Crippen LogP contribution is -2.34. The average Bonchev–Trinajstić information content (AvgIpc) is 2.62. The molecule has 6 heteroatoms. The lowest BCUT2D eigenvalue weighted by atomic mass is 9.94. The third-order valence-corrected chi connectivity index (χ3v) is 4.31. The Kier molecular flexibility index (Phi) is 4.72. The van der Waals surface area contributed by atoms with Gasteiger partial charge in [-0.1, -0.05) is 37.3 Å². The first kappa shape index (κ1) is 17.0. The minimum atomic E-state index is -0.531. The van der Waals surface area contributed by atoms with Gasteiger partial charge in [-0.3, -0.25) is 9.59 Å². The first-order chi connectivity index (χ1) is 12.0. The van der Waals surface area contributed by atoms with Crippen LogP contribution >= 0.6 is 0 Å². The Labute approximate surface area is 146 Å². The highest BCUT2D eigenvalue weighted by Crippen LogP contribution is 2.32. The predicted octanol–water partition coefficient (Wildman–Crippen LogP) is 2.68. The summed E-state index contributed by atoms with van der Waals surface area (Å²) < 4.78 is 5.50. The lowest BCUT2D eigenvalue weighted by Gasteiger charge is -2.24. The van der Waals surface area contributed by atoms with Gasteiger partial charge in [0, 0.05) is 11.7 Å². The van der Waals surface area contributed by atoms with Crippen molar-refractivity contribution in [1.82, 2.24) is 0 Å². The van der Waals surface area contributed by atoms with Crippen molar-refractivity contribution >= 4 is 23.2 Å². The molecule has 3 atom stereocenters. The zero-order valence-electron chi connectivity index (χ0n) is 14.2. The van der Waals surface area contributed by atoms with E-state index in [2.05, 4.69) is 10.6 Å². The molecule has 0 spiro atoms. The van der Waals surface area contributed by atoms with Gasteiger partial charge >= 0.3 is 0 Å². The van der Waals surface area contributed by atoms with Crippen LogP contribution in [0, 0.1) is 5.92 Å². The Morgan fingerprint density at radius 3 is 2.68 bits per heavy atom. The zero-order chi connectivity index (χ0) is 18.0. The molecule has 130 valence electrons. The smallest absolute Gasteiger partial charge is 0.265 e. The number of carbonyl (C=O) groups excluding carboxylic acids is 2. The predicted molar refractivity (Wildman–Crippen MR) is 96.3 cm³/mol. The lowest BCUT2D eigenvalue weighted by molar-refractivity contribution is -0.122. The summed E-state index contributed by atoms with van der Waals surface area (Å²) in [7, 11) is 0. The van der Waals surface area contributed by atoms with E-state index in [4.69, 9.17) is 10.5 Å². The van der Waals surface area contributed by atoms with E-state index in [-0.39, 0.29) is 11.8 Å². The molecule has 6 nitrogen and oxygen atoms in total. The van der Waals surface area contributed by atoms with Crippen LogP contribution in [-0.2, 0) is 9.59 Å². The molecule has 3 unspecified atom stereocenters. The number of rotatable bonds is 4. The van der Waals surface area contributed by atoms with Gasteiger partial charge in [-0.25, -0.2) is 0 Å². The maximum Gasteiger partial charge on any atom is 0.265 e. The van der Waals surface area contributed by atoms with Crippen molar-refractivity contribution in [2.24, 2.45) is 11.7 Å². The van der Waals surface area contributed by atoms with E-state index in [1.54, 1.807) is 32.0 Å². The number of ether oxygens (including phenoxy) is 1. The number of hydrogen-bond donors (Lipinski definition) is 3. The molecule has 0 saturated heterocycles. The maximum absolute atomic E-state index is 12.5. The third-order valence-electron chi connectivity index (χ3n) is 4.31. The highest BCUT2D eigenvalue weighted by atomic mass is 16.5. The van der Waals surface area contributed by atoms with Gasteiger partial charge < -0.3 is 21.1 Å². The maximum atomic E-state index is 12.5. The van der Waals surface area contributed by atoms with Crippen molar-refractivity contribution in [3.05, 3.63) is 54.1 Å². The van der Waals surface area contributed by atoms with E-state index < -0.39 is 18.1 Å². The molecule has 25 heavy (non-hydrogen) atoms. The van der Waals surface area contributed by atoms with Crippen LogP contribution < -0.4 is 21.1 Å². The molecule has 3 rings (SSSR count). The summed E-state index contributed by atoms with van der Waals surface area (Å²) in [4.78, 5) is 24.2. The minimum absolute atomic E-state index is 0.187. The number of carbonyl (C=O) groups is 2. The van der Waals surface area contributed by atoms with Crippen molar-refractivity contribution in [3.8, 4) is 5.75 Å². The van der Waals surface area contributed by atoms with Crippen LogP contribution in [0.4, 0.5) is 11.4 Å². The molecular weight excluding hydrogens is 318 g/mol. The average molecular weight is 339 g/mol. The topological polar surface area (TPSA) is 93.4 Å². The molecule has 2 aromatic carbocycles. The van der Waals surface area contributed by atoms with Gasteiger partial charge in [0.2, 0.25) is 5.91 Å². The fraction of sp³-hybridized carbons (Fsp3) is 0.263. The second kappa shape index (κ2) is 6.94. The van der Waals surface area contributed by atoms with E-state index in [1.165, 1.54) is 0 Å². The van der Waals surface area contributed by atoms with Crippen LogP contribution in [0.3, 0.4) is 0 Å². The second-order valence-corrected chi connectivity index (χ2v) is 6.17. The number of fused-ring (bicyclic) bond motifs is 1. The van der Waals surface area contributed by atoms with E-state index in [0.29, 0.717) is 17.1 Å². The SMILES string of the molecule is CC1Oc2ccc(NC(=O)C(C)C(N)c3ccccc3)cc2NC1=O. The number of anilines is 2. The minimum Gasteiger partial charge on any atom is -0.479 e. The van der Waals surface area contributed by atoms with E-state index in [1.807, 2.05) is 30.3 Å². The molecule has 0 fully saturated rings. The number of hydrogen-bond acceptors (Lipinski definition) is 4. The number of benzene rings is 2. The molecular formula is C19H21N3O3. The van der Waals surface area contributed by atoms with Crippen LogP contribution in [0.2, 0.25) is 0 Å². The summed E-state index contributed by atoms with van der Waals surface area (Å²) in [6, 6.07) is 14.2. The summed E-state index contributed by atoms with van der Waals surface area (Å²) in [6.45, 7) is 3.47. The van der Waals surface area contributed by atoms with Crippen molar-refractivity contribution in [2.75, 3.05) is 10.6 Å². The van der Waals surface area contributed by atoms with Crippen LogP contribution in [0.15, 0.2) is 48.5 Å². The molecule has 1 aliphatic heterocycles. The highest BCUT2D eigenvalue weighted by molar-refractivity contribution is 5.99. The van der Waals surface area contributed by atoms with Gasteiger partial charge in [0.15, 0.2) is 6.10 Å². The number of nitrogens with two attached hydrogens (primary N) is 1. The first-order valence-corrected chi connectivity index (χ1v) is 8.18. The van der Waals surface area contributed by atoms with Gasteiger partial charge in [0.25, 0.3) is 5.91 Å². The van der Waals surface area contributed by atoms with Crippen molar-refractivity contribution in [1.29, 1.82) is 0 Å². The first-order valence-electron chi connectivity index (χ1n) is 8.18. The Bertz CT molecular complexity index is 792. The number of nitrogens with one attached hydrogen (secondary N) is 2. The Hall–Kier alpha value is -2.86. The summed E-state index contributed by atoms with van der Waals surface area (Å²) in [5.74, 6) is -0.230. The van der Waals surface area contributed by atoms with E-state index >= 15 is 0 Å². The van der Waals surface area contributed by atoms with Crippen LogP contribution in [0.5, 0.6) is 5.75 Å². The largest absolute Gasteiger partial charge is 0.479 e. The van der Waals surface area contributed by atoms with Crippen LogP contribution in [-0.4, -0.2) is 17.9 Å². The monoisotopic (exact) mass is 339 g/mol. The normalized spacial score (nSPS) is 18.4. The van der Waals surface area contributed by atoms with Crippen molar-refractivity contribution in [3.63, 3.8) is 0 Å². The van der Waals surface area contributed by atoms with Crippen LogP contribution in [0.25, 0.3) is 0 Å². The summed E-state index contributed by atoms with van der Waals surface area (Å²) in [5.41, 5.74) is 8.23. The molecule has 2 aromatic rings. The standard InChI is InChI=1S/C19H21N3O3/c1-11(17(20)13-6-4-3-5-7-13)18(23)21-14-8-9-16-15(10-14)22-19(24)12(2)25-16/h3-12,17H,20H2,1-2H3,(H,21,23)(H,22,24). The molecule has 0 aliphatic carbocycles. The van der Waals surface area contributed by atoms with Crippen molar-refractivity contribution < 1.29 is 14.3 Å². The Balaban J connectivity index is 1.71. The Morgan fingerprint density at radius 2 is 1.96 bits per heavy atom. The molecule has 0 bridgehead atoms. The van der Waals surface area contributed by atoms with E-state index in [0.717, 1.165) is 5.56 Å². The summed E-state index contributed by atoms with van der Waals surface area (Å²) >= 11 is 0. The third kappa shape index (κ3) is 3.64. The van der Waals surface area contributed by atoms with Gasteiger partial charge in [-0.2, -0.15) is 0 Å². The van der Waals surface area contributed by atoms with Gasteiger partial charge in [0.05, 0.1) is 11.6 Å². The molecule has 2 amide bonds. The Morgan fingerprint density at radius 1 is 1.24 bits per heavy atom. The van der Waals surface area contributed by atoms with Gasteiger partial charge in [0.1, 0.15) is 5.75 Å². The van der Waals surface area contributed by atoms with Crippen LogP contribution in [0.1, 0.15) is 25.5 Å². The fourth-order valence-electron chi connectivity index (χ4n) is 2.67. The van der Waals surface area contributed by atoms with Gasteiger partial charge in [-0.15, -0.1) is 0 Å². The summed E-state index contributed by atoms with van der Waals surface area (Å²) in [5, 5.41) is 5.60. The van der Waals surface area contributed by atoms with E-state index in [9.17, 15) is 9.59 Å². The molecule has 0 aromatic heterocycles. The molecule has 4 N–H and O–H groups in total. The highest BCUT2D eigenvalue weighted by Gasteiger charge is 2.25. The molecule has 1 heterocycles. The van der Waals surface area contributed by atoms with Crippen molar-refractivity contribution in [2.45, 2.75) is 26.0 Å². The zero-order valence-corrected chi connectivity index (χ0v) is 14.2. The molecule has 1 aliphatic rings. The molecule has 0 saturated carbocycles. The molecule has 0 radical (unpaired) electrons. The number of amides is 2. The summed E-state index contributed by atoms with van der Waals surface area (Å²) in [6.07, 6.45) is -0.531. The fourth-order valence-corrected chi connectivity index (χ4v) is 2.67.